The fraction of sp³-hybridized carbons (Fsp3) is 0.640. The van der Waals surface area contributed by atoms with Crippen molar-refractivity contribution in [3.63, 3.8) is 0 Å². The number of hydrogen-bond acceptors (Lipinski definition) is 4. The van der Waals surface area contributed by atoms with Crippen molar-refractivity contribution in [1.29, 1.82) is 0 Å². The first-order valence-electron chi connectivity index (χ1n) is 12.1. The third-order valence-corrected chi connectivity index (χ3v) is 8.08. The Bertz CT molecular complexity index is 1030. The van der Waals surface area contributed by atoms with Crippen molar-refractivity contribution in [2.24, 2.45) is 11.8 Å². The van der Waals surface area contributed by atoms with Gasteiger partial charge in [0.2, 0.25) is 5.91 Å². The van der Waals surface area contributed by atoms with Crippen molar-refractivity contribution in [3.8, 4) is 0 Å². The van der Waals surface area contributed by atoms with Crippen LogP contribution in [-0.2, 0) is 16.1 Å². The Morgan fingerprint density at radius 1 is 1.22 bits per heavy atom. The van der Waals surface area contributed by atoms with E-state index in [9.17, 15) is 9.59 Å². The summed E-state index contributed by atoms with van der Waals surface area (Å²) >= 11 is 0. The number of aromatic nitrogens is 2. The van der Waals surface area contributed by atoms with Crippen molar-refractivity contribution < 1.29 is 14.3 Å². The summed E-state index contributed by atoms with van der Waals surface area (Å²) in [7, 11) is 0. The number of carbonyl (C=O) groups excluding carboxylic acids is 2. The maximum Gasteiger partial charge on any atom is 0.290 e. The number of ether oxygens (including phenoxy) is 1. The summed E-state index contributed by atoms with van der Waals surface area (Å²) in [6, 6.07) is 7.90. The molecule has 172 valence electrons. The minimum absolute atomic E-state index is 0.0318. The molecule has 3 aliphatic rings. The lowest BCUT2D eigenvalue weighted by atomic mass is 9.77. The molecule has 1 aromatic carbocycles. The third-order valence-electron chi connectivity index (χ3n) is 8.08. The predicted molar refractivity (Wildman–Crippen MR) is 122 cm³/mol. The summed E-state index contributed by atoms with van der Waals surface area (Å²) in [5.41, 5.74) is 0.679. The van der Waals surface area contributed by atoms with E-state index in [2.05, 4.69) is 24.1 Å². The average Bonchev–Trinajstić information content (AvgIpc) is 3.42. The maximum atomic E-state index is 13.9. The quantitative estimate of drug-likeness (QED) is 0.794. The Hall–Kier alpha value is -2.41. The number of hydrogen-bond donors (Lipinski definition) is 1. The van der Waals surface area contributed by atoms with E-state index in [4.69, 9.17) is 4.74 Å². The molecular formula is C25H34N4O3. The van der Waals surface area contributed by atoms with E-state index in [1.807, 2.05) is 35.8 Å². The molecule has 2 aliphatic heterocycles. The molecule has 1 aliphatic carbocycles. The lowest BCUT2D eigenvalue weighted by Crippen LogP contribution is -2.66. The molecule has 0 bridgehead atoms. The first-order chi connectivity index (χ1) is 15.4. The van der Waals surface area contributed by atoms with Crippen LogP contribution in [0.5, 0.6) is 0 Å². The molecule has 0 radical (unpaired) electrons. The summed E-state index contributed by atoms with van der Waals surface area (Å²) in [4.78, 5) is 33.9. The van der Waals surface area contributed by atoms with Gasteiger partial charge in [0.1, 0.15) is 5.54 Å². The van der Waals surface area contributed by atoms with Crippen molar-refractivity contribution >= 4 is 22.8 Å². The van der Waals surface area contributed by atoms with Crippen LogP contribution in [-0.4, -0.2) is 57.1 Å². The normalized spacial score (nSPS) is 32.8. The first kappa shape index (κ1) is 21.4. The molecule has 5 rings (SSSR count). The van der Waals surface area contributed by atoms with Crippen molar-refractivity contribution in [2.45, 2.75) is 77.1 Å². The number of imidazole rings is 1. The van der Waals surface area contributed by atoms with Crippen LogP contribution in [0.4, 0.5) is 0 Å². The maximum absolute atomic E-state index is 13.9. The zero-order chi connectivity index (χ0) is 22.5. The second-order valence-electron chi connectivity index (χ2n) is 10.2. The van der Waals surface area contributed by atoms with Gasteiger partial charge in [-0.1, -0.05) is 38.8 Å². The Balaban J connectivity index is 1.50. The van der Waals surface area contributed by atoms with Crippen LogP contribution in [0.25, 0.3) is 11.0 Å². The summed E-state index contributed by atoms with van der Waals surface area (Å²) in [5.74, 6) is 1.16. The van der Waals surface area contributed by atoms with Gasteiger partial charge in [-0.25, -0.2) is 4.98 Å². The van der Waals surface area contributed by atoms with Gasteiger partial charge >= 0.3 is 0 Å². The summed E-state index contributed by atoms with van der Waals surface area (Å²) < 4.78 is 7.78. The van der Waals surface area contributed by atoms with Crippen LogP contribution in [0.2, 0.25) is 0 Å². The molecule has 7 heteroatoms. The van der Waals surface area contributed by atoms with Gasteiger partial charge in [-0.05, 0) is 50.2 Å². The fourth-order valence-electron chi connectivity index (χ4n) is 5.72. The lowest BCUT2D eigenvalue weighted by molar-refractivity contribution is -0.135. The fourth-order valence-corrected chi connectivity index (χ4v) is 5.72. The third kappa shape index (κ3) is 3.51. The van der Waals surface area contributed by atoms with Crippen LogP contribution in [0.1, 0.15) is 63.5 Å². The van der Waals surface area contributed by atoms with E-state index >= 15 is 0 Å². The van der Waals surface area contributed by atoms with E-state index < -0.39 is 5.54 Å². The van der Waals surface area contributed by atoms with Gasteiger partial charge in [0.05, 0.1) is 23.7 Å². The van der Waals surface area contributed by atoms with Crippen molar-refractivity contribution in [2.75, 3.05) is 13.2 Å². The predicted octanol–water partition coefficient (Wildman–Crippen LogP) is 3.37. The topological polar surface area (TPSA) is 76.5 Å². The van der Waals surface area contributed by atoms with Gasteiger partial charge in [-0.2, -0.15) is 0 Å². The van der Waals surface area contributed by atoms with Crippen molar-refractivity contribution in [3.05, 3.63) is 30.1 Å². The number of amides is 2. The summed E-state index contributed by atoms with van der Waals surface area (Å²) in [5, 5.41) is 3.35. The highest BCUT2D eigenvalue weighted by Crippen LogP contribution is 2.34. The highest BCUT2D eigenvalue weighted by atomic mass is 16.5. The molecule has 1 saturated heterocycles. The minimum Gasteiger partial charge on any atom is -0.376 e. The van der Waals surface area contributed by atoms with E-state index in [-0.39, 0.29) is 24.0 Å². The number of para-hydroxylation sites is 2. The van der Waals surface area contributed by atoms with E-state index in [0.29, 0.717) is 37.4 Å². The highest BCUT2D eigenvalue weighted by Gasteiger charge is 2.50. The van der Waals surface area contributed by atoms with Crippen LogP contribution >= 0.6 is 0 Å². The Morgan fingerprint density at radius 3 is 2.81 bits per heavy atom. The number of carbonyl (C=O) groups is 2. The van der Waals surface area contributed by atoms with Gasteiger partial charge in [-0.3, -0.25) is 9.59 Å². The monoisotopic (exact) mass is 438 g/mol. The average molecular weight is 439 g/mol. The summed E-state index contributed by atoms with van der Waals surface area (Å²) in [6.07, 6.45) is 5.20. The number of nitrogens with zero attached hydrogens (tertiary/aromatic N) is 3. The second-order valence-corrected chi connectivity index (χ2v) is 10.2. The molecule has 32 heavy (non-hydrogen) atoms. The number of nitrogens with one attached hydrogen (secondary N) is 1. The highest BCUT2D eigenvalue weighted by molar-refractivity contribution is 6.01. The number of benzene rings is 1. The Kier molecular flexibility index (Phi) is 5.48. The van der Waals surface area contributed by atoms with Gasteiger partial charge in [0.15, 0.2) is 5.82 Å². The Labute approximate surface area is 189 Å². The molecular weight excluding hydrogens is 404 g/mol. The van der Waals surface area contributed by atoms with Gasteiger partial charge in [0.25, 0.3) is 5.91 Å². The molecule has 0 spiro atoms. The zero-order valence-corrected chi connectivity index (χ0v) is 19.3. The molecule has 3 heterocycles. The summed E-state index contributed by atoms with van der Waals surface area (Å²) in [6.45, 7) is 7.93. The molecule has 5 atom stereocenters. The van der Waals surface area contributed by atoms with Crippen LogP contribution < -0.4 is 5.32 Å². The minimum atomic E-state index is -1.00. The Morgan fingerprint density at radius 2 is 2.03 bits per heavy atom. The van der Waals surface area contributed by atoms with Crippen LogP contribution in [0.15, 0.2) is 24.3 Å². The standard InChI is InChI=1S/C25H34N4O3/c1-16-8-6-11-19(17(16)2)27-24(31)25(3)15-28-21-12-5-4-10-20(21)26-22(28)23(30)29(25)14-18-9-7-13-32-18/h4-5,10,12,16-19H,6-9,11,13-15H2,1-3H3,(H,27,31)/t16-,17+,18+,19+,25+/m1/s1. The van der Waals surface area contributed by atoms with E-state index in [1.165, 1.54) is 6.42 Å². The number of fused-ring (bicyclic) bond motifs is 3. The molecule has 1 N–H and O–H groups in total. The van der Waals surface area contributed by atoms with Gasteiger partial charge in [0, 0.05) is 19.2 Å². The van der Waals surface area contributed by atoms with Crippen LogP contribution in [0.3, 0.4) is 0 Å². The SMILES string of the molecule is C[C@H]1[C@H](C)CCC[C@@H]1NC(=O)[C@]1(C)Cn2c(nc3ccccc32)C(=O)N1C[C@@H]1CCCO1. The first-order valence-corrected chi connectivity index (χ1v) is 12.1. The second kappa shape index (κ2) is 8.18. The molecule has 0 unspecified atom stereocenters. The smallest absolute Gasteiger partial charge is 0.290 e. The van der Waals surface area contributed by atoms with Gasteiger partial charge < -0.3 is 19.5 Å². The molecule has 2 amide bonds. The largest absolute Gasteiger partial charge is 0.376 e. The van der Waals surface area contributed by atoms with E-state index in [0.717, 1.165) is 36.7 Å². The lowest BCUT2D eigenvalue weighted by Gasteiger charge is -2.45. The molecule has 7 nitrogen and oxygen atoms in total. The molecule has 1 aromatic heterocycles. The molecule has 2 aromatic rings. The van der Waals surface area contributed by atoms with Crippen LogP contribution in [0, 0.1) is 11.8 Å². The molecule has 1 saturated carbocycles. The van der Waals surface area contributed by atoms with Crippen molar-refractivity contribution in [1.82, 2.24) is 19.8 Å². The van der Waals surface area contributed by atoms with Gasteiger partial charge in [-0.15, -0.1) is 0 Å². The zero-order valence-electron chi connectivity index (χ0n) is 19.3. The molecule has 2 fully saturated rings. The number of rotatable bonds is 4. The van der Waals surface area contributed by atoms with E-state index in [1.54, 1.807) is 4.90 Å².